The first kappa shape index (κ1) is 19.4. The van der Waals surface area contributed by atoms with Gasteiger partial charge in [0.05, 0.1) is 17.7 Å². The molecule has 3 atom stereocenters. The van der Waals surface area contributed by atoms with E-state index in [2.05, 4.69) is 36.6 Å². The van der Waals surface area contributed by atoms with E-state index in [1.807, 2.05) is 42.5 Å². The molecule has 1 heterocycles. The lowest BCUT2D eigenvalue weighted by Gasteiger charge is -2.47. The molecular weight excluding hydrogens is 334 g/mol. The van der Waals surface area contributed by atoms with Gasteiger partial charge < -0.3 is 5.11 Å². The minimum absolute atomic E-state index is 0.0471. The molecule has 1 N–H and O–H groups in total. The second kappa shape index (κ2) is 8.56. The van der Waals surface area contributed by atoms with Crippen molar-refractivity contribution >= 4 is 0 Å². The summed E-state index contributed by atoms with van der Waals surface area (Å²) in [7, 11) is 0. The summed E-state index contributed by atoms with van der Waals surface area (Å²) in [6, 6.07) is 18.4. The zero-order chi connectivity index (χ0) is 19.4. The summed E-state index contributed by atoms with van der Waals surface area (Å²) in [5.74, 6) is 0.261. The first-order valence-corrected chi connectivity index (χ1v) is 9.82. The predicted octanol–water partition coefficient (Wildman–Crippen LogP) is 4.16. The SMILES string of the molecule is CCCN1CC(C)N(C(c2cccc(O)c2)c2ccccc2C#N)C[C@H]1C. The average Bonchev–Trinajstić information content (AvgIpc) is 2.66. The fourth-order valence-corrected chi connectivity index (χ4v) is 4.27. The van der Waals surface area contributed by atoms with Crippen molar-refractivity contribution in [2.24, 2.45) is 0 Å². The van der Waals surface area contributed by atoms with Gasteiger partial charge in [0, 0.05) is 25.2 Å². The summed E-state index contributed by atoms with van der Waals surface area (Å²) < 4.78 is 0. The van der Waals surface area contributed by atoms with Crippen molar-refractivity contribution in [3.05, 3.63) is 65.2 Å². The first-order chi connectivity index (χ1) is 13.0. The maximum atomic E-state index is 10.1. The smallest absolute Gasteiger partial charge is 0.115 e. The number of aromatic hydroxyl groups is 1. The van der Waals surface area contributed by atoms with E-state index in [1.165, 1.54) is 0 Å². The number of piperazine rings is 1. The molecule has 27 heavy (non-hydrogen) atoms. The van der Waals surface area contributed by atoms with Gasteiger partial charge in [-0.2, -0.15) is 5.26 Å². The van der Waals surface area contributed by atoms with Crippen LogP contribution in [0.3, 0.4) is 0 Å². The van der Waals surface area contributed by atoms with Crippen LogP contribution < -0.4 is 0 Å². The molecule has 0 amide bonds. The zero-order valence-corrected chi connectivity index (χ0v) is 16.5. The lowest BCUT2D eigenvalue weighted by atomic mass is 9.90. The van der Waals surface area contributed by atoms with Gasteiger partial charge in [-0.05, 0) is 56.1 Å². The molecule has 2 aromatic carbocycles. The van der Waals surface area contributed by atoms with E-state index in [0.717, 1.165) is 37.2 Å². The Morgan fingerprint density at radius 2 is 1.89 bits per heavy atom. The van der Waals surface area contributed by atoms with Gasteiger partial charge in [0.2, 0.25) is 0 Å². The zero-order valence-electron chi connectivity index (χ0n) is 16.5. The van der Waals surface area contributed by atoms with Crippen LogP contribution in [0.1, 0.15) is 49.9 Å². The number of hydrogen-bond donors (Lipinski definition) is 1. The van der Waals surface area contributed by atoms with E-state index in [0.29, 0.717) is 17.6 Å². The highest BCUT2D eigenvalue weighted by atomic mass is 16.3. The highest BCUT2D eigenvalue weighted by Gasteiger charge is 2.35. The number of hydrogen-bond acceptors (Lipinski definition) is 4. The third-order valence-corrected chi connectivity index (χ3v) is 5.57. The van der Waals surface area contributed by atoms with Gasteiger partial charge in [-0.15, -0.1) is 0 Å². The van der Waals surface area contributed by atoms with E-state index in [4.69, 9.17) is 0 Å². The van der Waals surface area contributed by atoms with Crippen molar-refractivity contribution in [2.75, 3.05) is 19.6 Å². The Balaban J connectivity index is 2.04. The van der Waals surface area contributed by atoms with Crippen LogP contribution in [-0.2, 0) is 0 Å². The maximum Gasteiger partial charge on any atom is 0.115 e. The largest absolute Gasteiger partial charge is 0.508 e. The fraction of sp³-hybridized carbons (Fsp3) is 0.435. The van der Waals surface area contributed by atoms with Crippen LogP contribution in [0, 0.1) is 11.3 Å². The number of rotatable bonds is 5. The molecule has 0 bridgehead atoms. The summed E-state index contributed by atoms with van der Waals surface area (Å²) in [6.07, 6.45) is 1.16. The molecule has 1 aliphatic heterocycles. The van der Waals surface area contributed by atoms with E-state index >= 15 is 0 Å². The minimum Gasteiger partial charge on any atom is -0.508 e. The second-order valence-electron chi connectivity index (χ2n) is 7.59. The highest BCUT2D eigenvalue weighted by Crippen LogP contribution is 2.35. The van der Waals surface area contributed by atoms with Gasteiger partial charge in [0.1, 0.15) is 5.75 Å². The second-order valence-corrected chi connectivity index (χ2v) is 7.59. The first-order valence-electron chi connectivity index (χ1n) is 9.82. The Morgan fingerprint density at radius 3 is 2.59 bits per heavy atom. The van der Waals surface area contributed by atoms with E-state index in [1.54, 1.807) is 6.07 Å². The molecule has 1 fully saturated rings. The Bertz CT molecular complexity index is 813. The van der Waals surface area contributed by atoms with Crippen LogP contribution >= 0.6 is 0 Å². The average molecular weight is 364 g/mol. The molecule has 0 spiro atoms. The monoisotopic (exact) mass is 363 g/mol. The molecule has 4 nitrogen and oxygen atoms in total. The van der Waals surface area contributed by atoms with Crippen molar-refractivity contribution < 1.29 is 5.11 Å². The number of phenolic OH excluding ortho intramolecular Hbond substituents is 1. The number of benzene rings is 2. The molecule has 0 radical (unpaired) electrons. The van der Waals surface area contributed by atoms with Crippen LogP contribution in [-0.4, -0.2) is 46.6 Å². The van der Waals surface area contributed by atoms with Crippen LogP contribution in [0.15, 0.2) is 48.5 Å². The molecule has 1 saturated heterocycles. The van der Waals surface area contributed by atoms with E-state index in [-0.39, 0.29) is 11.8 Å². The van der Waals surface area contributed by atoms with Crippen molar-refractivity contribution in [3.63, 3.8) is 0 Å². The van der Waals surface area contributed by atoms with Gasteiger partial charge in [0.25, 0.3) is 0 Å². The van der Waals surface area contributed by atoms with Crippen molar-refractivity contribution in [1.82, 2.24) is 9.80 Å². The Morgan fingerprint density at radius 1 is 1.11 bits per heavy atom. The van der Waals surface area contributed by atoms with Crippen molar-refractivity contribution in [1.29, 1.82) is 5.26 Å². The Kier molecular flexibility index (Phi) is 6.15. The molecule has 142 valence electrons. The molecule has 2 aromatic rings. The molecule has 3 rings (SSSR count). The summed E-state index contributed by atoms with van der Waals surface area (Å²) in [6.45, 7) is 9.83. The third kappa shape index (κ3) is 4.16. The van der Waals surface area contributed by atoms with Crippen LogP contribution in [0.25, 0.3) is 0 Å². The highest BCUT2D eigenvalue weighted by molar-refractivity contribution is 5.45. The molecule has 0 saturated carbocycles. The third-order valence-electron chi connectivity index (χ3n) is 5.57. The van der Waals surface area contributed by atoms with E-state index in [9.17, 15) is 10.4 Å². The molecule has 1 aliphatic rings. The van der Waals surface area contributed by atoms with Crippen LogP contribution in [0.2, 0.25) is 0 Å². The predicted molar refractivity (Wildman–Crippen MR) is 109 cm³/mol. The van der Waals surface area contributed by atoms with Crippen molar-refractivity contribution in [3.8, 4) is 11.8 Å². The quantitative estimate of drug-likeness (QED) is 0.867. The van der Waals surface area contributed by atoms with Crippen molar-refractivity contribution in [2.45, 2.75) is 45.3 Å². The molecule has 4 heteroatoms. The number of nitrogens with zero attached hydrogens (tertiary/aromatic N) is 3. The van der Waals surface area contributed by atoms with Crippen LogP contribution in [0.5, 0.6) is 5.75 Å². The topological polar surface area (TPSA) is 50.5 Å². The Labute approximate surface area is 162 Å². The van der Waals surface area contributed by atoms with Crippen LogP contribution in [0.4, 0.5) is 0 Å². The number of phenols is 1. The number of nitriles is 1. The summed E-state index contributed by atoms with van der Waals surface area (Å²) >= 11 is 0. The molecular formula is C23H29N3O. The van der Waals surface area contributed by atoms with Gasteiger partial charge in [-0.3, -0.25) is 9.80 Å². The maximum absolute atomic E-state index is 10.1. The van der Waals surface area contributed by atoms with Gasteiger partial charge in [-0.1, -0.05) is 37.3 Å². The normalized spacial score (nSPS) is 22.3. The van der Waals surface area contributed by atoms with Gasteiger partial charge >= 0.3 is 0 Å². The molecule has 2 unspecified atom stereocenters. The fourth-order valence-electron chi connectivity index (χ4n) is 4.27. The lowest BCUT2D eigenvalue weighted by molar-refractivity contribution is 0.0241. The van der Waals surface area contributed by atoms with Gasteiger partial charge in [0.15, 0.2) is 0 Å². The lowest BCUT2D eigenvalue weighted by Crippen LogP contribution is -2.57. The molecule has 0 aromatic heterocycles. The minimum atomic E-state index is -0.0471. The Hall–Kier alpha value is -2.35. The summed E-state index contributed by atoms with van der Waals surface area (Å²) in [5, 5.41) is 19.7. The van der Waals surface area contributed by atoms with E-state index < -0.39 is 0 Å². The van der Waals surface area contributed by atoms with Gasteiger partial charge in [-0.25, -0.2) is 0 Å². The standard InChI is InChI=1S/C23H29N3O/c1-4-12-25-15-18(3)26(16-17(25)2)23(19-9-7-10-21(27)13-19)22-11-6-5-8-20(22)14-24/h5-11,13,17-18,23,27H,4,12,15-16H2,1-3H3/t17-,18?,23?/m1/s1. The summed E-state index contributed by atoms with van der Waals surface area (Å²) in [4.78, 5) is 5.04. The summed E-state index contributed by atoms with van der Waals surface area (Å²) in [5.41, 5.74) is 2.73. The molecule has 0 aliphatic carbocycles.